The van der Waals surface area contributed by atoms with Crippen molar-refractivity contribution >= 4 is 5.82 Å². The number of aromatic nitrogens is 1. The first-order valence-corrected chi connectivity index (χ1v) is 7.44. The molecule has 0 radical (unpaired) electrons. The van der Waals surface area contributed by atoms with Crippen molar-refractivity contribution in [1.82, 2.24) is 10.3 Å². The zero-order valence-electron chi connectivity index (χ0n) is 11.4. The maximum absolute atomic E-state index is 5.39. The Hall–Kier alpha value is -1.13. The third kappa shape index (κ3) is 3.45. The van der Waals surface area contributed by atoms with E-state index in [4.69, 9.17) is 9.72 Å². The quantitative estimate of drug-likeness (QED) is 0.875. The van der Waals surface area contributed by atoms with E-state index < -0.39 is 0 Å². The van der Waals surface area contributed by atoms with Crippen LogP contribution in [0.2, 0.25) is 0 Å². The molecule has 3 rings (SSSR count). The summed E-state index contributed by atoms with van der Waals surface area (Å²) >= 11 is 0. The van der Waals surface area contributed by atoms with E-state index in [1.807, 2.05) is 0 Å². The molecule has 2 aliphatic heterocycles. The summed E-state index contributed by atoms with van der Waals surface area (Å²) in [7, 11) is 0. The van der Waals surface area contributed by atoms with Gasteiger partial charge in [-0.25, -0.2) is 4.98 Å². The number of nitrogens with one attached hydrogen (secondary N) is 2. The van der Waals surface area contributed by atoms with E-state index in [0.29, 0.717) is 12.0 Å². The highest BCUT2D eigenvalue weighted by atomic mass is 16.5. The molecular formula is C15H23N3O. The van der Waals surface area contributed by atoms with Crippen molar-refractivity contribution in [3.05, 3.63) is 23.9 Å². The molecule has 2 aliphatic rings. The number of pyridine rings is 1. The fraction of sp³-hybridized carbons (Fsp3) is 0.667. The van der Waals surface area contributed by atoms with Gasteiger partial charge < -0.3 is 15.4 Å². The Morgan fingerprint density at radius 2 is 2.11 bits per heavy atom. The summed E-state index contributed by atoms with van der Waals surface area (Å²) in [6.07, 6.45) is 4.67. The van der Waals surface area contributed by atoms with Gasteiger partial charge in [0.05, 0.1) is 0 Å². The zero-order valence-corrected chi connectivity index (χ0v) is 11.4. The number of rotatable bonds is 3. The predicted molar refractivity (Wildman–Crippen MR) is 76.5 cm³/mol. The molecule has 2 fully saturated rings. The first-order valence-electron chi connectivity index (χ1n) is 7.44. The minimum atomic E-state index is 0.515. The molecule has 2 N–H and O–H groups in total. The maximum atomic E-state index is 5.39. The van der Waals surface area contributed by atoms with Gasteiger partial charge in [0.1, 0.15) is 5.82 Å². The first-order chi connectivity index (χ1) is 9.42. The van der Waals surface area contributed by atoms with Crippen molar-refractivity contribution < 1.29 is 4.74 Å². The number of nitrogens with zero attached hydrogens (tertiary/aromatic N) is 1. The van der Waals surface area contributed by atoms with Crippen LogP contribution in [0.1, 0.15) is 37.3 Å². The molecule has 0 amide bonds. The van der Waals surface area contributed by atoms with Crippen LogP contribution < -0.4 is 10.6 Å². The Balaban J connectivity index is 1.64. The second-order valence-corrected chi connectivity index (χ2v) is 5.52. The monoisotopic (exact) mass is 261 g/mol. The van der Waals surface area contributed by atoms with Gasteiger partial charge in [0.2, 0.25) is 0 Å². The minimum absolute atomic E-state index is 0.515. The molecule has 0 unspecified atom stereocenters. The van der Waals surface area contributed by atoms with Gasteiger partial charge in [0.15, 0.2) is 0 Å². The summed E-state index contributed by atoms with van der Waals surface area (Å²) in [6.45, 7) is 3.94. The van der Waals surface area contributed by atoms with Crippen LogP contribution >= 0.6 is 0 Å². The van der Waals surface area contributed by atoms with Gasteiger partial charge in [-0.3, -0.25) is 0 Å². The van der Waals surface area contributed by atoms with Crippen LogP contribution in [0.25, 0.3) is 0 Å². The van der Waals surface area contributed by atoms with Crippen LogP contribution in [0.15, 0.2) is 18.2 Å². The second-order valence-electron chi connectivity index (χ2n) is 5.52. The van der Waals surface area contributed by atoms with Crippen LogP contribution in [-0.4, -0.2) is 37.3 Å². The molecule has 2 saturated heterocycles. The average Bonchev–Trinajstić information content (AvgIpc) is 2.49. The van der Waals surface area contributed by atoms with Crippen molar-refractivity contribution in [3.8, 4) is 0 Å². The van der Waals surface area contributed by atoms with E-state index in [0.717, 1.165) is 45.0 Å². The molecule has 104 valence electrons. The number of anilines is 1. The molecule has 0 aromatic carbocycles. The number of hydrogen-bond acceptors (Lipinski definition) is 4. The van der Waals surface area contributed by atoms with Crippen LogP contribution in [-0.2, 0) is 4.74 Å². The Morgan fingerprint density at radius 1 is 1.21 bits per heavy atom. The molecule has 0 saturated carbocycles. The van der Waals surface area contributed by atoms with Crippen molar-refractivity contribution in [2.24, 2.45) is 0 Å². The van der Waals surface area contributed by atoms with E-state index in [-0.39, 0.29) is 0 Å². The van der Waals surface area contributed by atoms with Gasteiger partial charge in [0, 0.05) is 37.4 Å². The average molecular weight is 261 g/mol. The molecule has 0 bridgehead atoms. The largest absolute Gasteiger partial charge is 0.381 e. The van der Waals surface area contributed by atoms with E-state index >= 15 is 0 Å². The lowest BCUT2D eigenvalue weighted by Gasteiger charge is -2.25. The Bertz CT molecular complexity index is 398. The highest BCUT2D eigenvalue weighted by Gasteiger charge is 2.18. The molecule has 4 nitrogen and oxygen atoms in total. The second kappa shape index (κ2) is 6.35. The fourth-order valence-corrected chi connectivity index (χ4v) is 2.91. The van der Waals surface area contributed by atoms with Crippen molar-refractivity contribution in [1.29, 1.82) is 0 Å². The highest BCUT2D eigenvalue weighted by Crippen LogP contribution is 2.23. The third-order valence-electron chi connectivity index (χ3n) is 4.06. The molecule has 1 aromatic rings. The summed E-state index contributed by atoms with van der Waals surface area (Å²) < 4.78 is 5.39. The Kier molecular flexibility index (Phi) is 4.30. The molecule has 1 aromatic heterocycles. The normalized spacial score (nSPS) is 25.2. The maximum Gasteiger partial charge on any atom is 0.126 e. The highest BCUT2D eigenvalue weighted by molar-refractivity contribution is 5.37. The Morgan fingerprint density at radius 3 is 2.89 bits per heavy atom. The van der Waals surface area contributed by atoms with Gasteiger partial charge in [-0.15, -0.1) is 0 Å². The van der Waals surface area contributed by atoms with E-state index in [2.05, 4.69) is 28.8 Å². The molecule has 0 spiro atoms. The van der Waals surface area contributed by atoms with Crippen LogP contribution in [0.4, 0.5) is 5.82 Å². The zero-order chi connectivity index (χ0) is 12.9. The summed E-state index contributed by atoms with van der Waals surface area (Å²) in [5.74, 6) is 1.60. The molecule has 4 heteroatoms. The van der Waals surface area contributed by atoms with Gasteiger partial charge in [0.25, 0.3) is 0 Å². The van der Waals surface area contributed by atoms with Gasteiger partial charge in [-0.1, -0.05) is 6.07 Å². The number of ether oxygens (including phenoxy) is 1. The standard InChI is InChI=1S/C15H23N3O/c1-4-14(12-3-2-8-16-11-12)18-15(5-1)17-13-6-9-19-10-7-13/h1,4-5,12-13,16H,2-3,6-11H2,(H,17,18)/t12-/m0/s1. The van der Waals surface area contributed by atoms with E-state index in [1.54, 1.807) is 0 Å². The van der Waals surface area contributed by atoms with Crippen molar-refractivity contribution in [2.75, 3.05) is 31.6 Å². The van der Waals surface area contributed by atoms with Gasteiger partial charge in [-0.05, 0) is 44.4 Å². The predicted octanol–water partition coefficient (Wildman–Crippen LogP) is 2.14. The first kappa shape index (κ1) is 12.9. The van der Waals surface area contributed by atoms with Gasteiger partial charge >= 0.3 is 0 Å². The topological polar surface area (TPSA) is 46.2 Å². The summed E-state index contributed by atoms with van der Waals surface area (Å²) in [6, 6.07) is 6.88. The minimum Gasteiger partial charge on any atom is -0.381 e. The molecule has 0 aliphatic carbocycles. The van der Waals surface area contributed by atoms with Crippen LogP contribution in [0.3, 0.4) is 0 Å². The van der Waals surface area contributed by atoms with E-state index in [1.165, 1.54) is 18.5 Å². The van der Waals surface area contributed by atoms with E-state index in [9.17, 15) is 0 Å². The molecule has 1 atom stereocenters. The van der Waals surface area contributed by atoms with Crippen molar-refractivity contribution in [2.45, 2.75) is 37.6 Å². The summed E-state index contributed by atoms with van der Waals surface area (Å²) in [4.78, 5) is 4.80. The van der Waals surface area contributed by atoms with Crippen LogP contribution in [0.5, 0.6) is 0 Å². The molecule has 3 heterocycles. The smallest absolute Gasteiger partial charge is 0.126 e. The third-order valence-corrected chi connectivity index (χ3v) is 4.06. The summed E-state index contributed by atoms with van der Waals surface area (Å²) in [5.41, 5.74) is 1.23. The molecular weight excluding hydrogens is 238 g/mol. The van der Waals surface area contributed by atoms with Gasteiger partial charge in [-0.2, -0.15) is 0 Å². The van der Waals surface area contributed by atoms with Crippen molar-refractivity contribution in [3.63, 3.8) is 0 Å². The lowest BCUT2D eigenvalue weighted by Crippen LogP contribution is -2.30. The lowest BCUT2D eigenvalue weighted by molar-refractivity contribution is 0.0904. The number of hydrogen-bond donors (Lipinski definition) is 2. The fourth-order valence-electron chi connectivity index (χ4n) is 2.91. The van der Waals surface area contributed by atoms with Crippen LogP contribution in [0, 0.1) is 0 Å². The summed E-state index contributed by atoms with van der Waals surface area (Å²) in [5, 5.41) is 7.01. The lowest BCUT2D eigenvalue weighted by atomic mass is 9.96. The molecule has 19 heavy (non-hydrogen) atoms. The SMILES string of the molecule is c1cc(NC2CCOCC2)nc([C@H]2CCCNC2)c1. The Labute approximate surface area is 115 Å². The number of piperidine rings is 1.